The lowest BCUT2D eigenvalue weighted by Crippen LogP contribution is -2.32. The smallest absolute Gasteiger partial charge is 0.254 e. The van der Waals surface area contributed by atoms with Crippen LogP contribution in [0.3, 0.4) is 0 Å². The number of hydrogen-bond donors (Lipinski definition) is 0. The Labute approximate surface area is 154 Å². The van der Waals surface area contributed by atoms with Gasteiger partial charge in [-0.1, -0.05) is 6.42 Å². The van der Waals surface area contributed by atoms with Crippen LogP contribution in [0, 0.1) is 0 Å². The molecule has 0 bridgehead atoms. The van der Waals surface area contributed by atoms with Crippen molar-refractivity contribution in [1.29, 1.82) is 0 Å². The molecule has 138 valence electrons. The van der Waals surface area contributed by atoms with Gasteiger partial charge >= 0.3 is 0 Å². The summed E-state index contributed by atoms with van der Waals surface area (Å²) in [6.45, 7) is 1.74. The first-order valence-corrected chi connectivity index (χ1v) is 9.51. The van der Waals surface area contributed by atoms with Crippen LogP contribution in [-0.2, 0) is 13.0 Å². The van der Waals surface area contributed by atoms with E-state index in [9.17, 15) is 4.79 Å². The Hall–Kier alpha value is -2.44. The number of fused-ring (bicyclic) bond motifs is 1. The molecule has 0 spiro atoms. The maximum atomic E-state index is 13.2. The summed E-state index contributed by atoms with van der Waals surface area (Å²) in [5.74, 6) is 2.90. The third-order valence-electron chi connectivity index (χ3n) is 5.40. The van der Waals surface area contributed by atoms with Crippen molar-refractivity contribution in [2.45, 2.75) is 51.1 Å². The molecule has 0 saturated carbocycles. The predicted octanol–water partition coefficient (Wildman–Crippen LogP) is 2.44. The Morgan fingerprint density at radius 2 is 2.04 bits per heavy atom. The van der Waals surface area contributed by atoms with Crippen LogP contribution in [0.1, 0.15) is 60.2 Å². The van der Waals surface area contributed by atoms with E-state index in [0.29, 0.717) is 5.56 Å². The topological polar surface area (TPSA) is 67.2 Å². The number of nitrogens with zero attached hydrogens (tertiary/aromatic N) is 6. The third kappa shape index (κ3) is 3.06. The number of likely N-dealkylation sites (tertiary alicyclic amines) is 1. The average molecular weight is 354 g/mol. The molecule has 7 heteroatoms. The highest BCUT2D eigenvalue weighted by Crippen LogP contribution is 2.33. The van der Waals surface area contributed by atoms with Crippen molar-refractivity contribution in [2.24, 2.45) is 0 Å². The fourth-order valence-corrected chi connectivity index (χ4v) is 3.99. The molecule has 2 aromatic rings. The molecule has 4 heterocycles. The first-order valence-electron chi connectivity index (χ1n) is 9.51. The summed E-state index contributed by atoms with van der Waals surface area (Å²) >= 11 is 0. The number of carbonyl (C=O) groups is 1. The fourth-order valence-electron chi connectivity index (χ4n) is 3.99. The lowest BCUT2D eigenvalue weighted by Gasteiger charge is -2.25. The Morgan fingerprint density at radius 1 is 1.15 bits per heavy atom. The molecule has 2 aliphatic rings. The van der Waals surface area contributed by atoms with Crippen molar-refractivity contribution in [1.82, 2.24) is 24.6 Å². The summed E-state index contributed by atoms with van der Waals surface area (Å²) in [6, 6.07) is 3.69. The molecule has 1 saturated heterocycles. The summed E-state index contributed by atoms with van der Waals surface area (Å²) in [5, 5.41) is 8.92. The quantitative estimate of drug-likeness (QED) is 0.847. The average Bonchev–Trinajstić information content (AvgIpc) is 3.22. The van der Waals surface area contributed by atoms with Crippen LogP contribution in [0.4, 0.5) is 5.82 Å². The molecule has 2 aromatic heterocycles. The van der Waals surface area contributed by atoms with E-state index in [2.05, 4.69) is 19.7 Å². The van der Waals surface area contributed by atoms with Crippen LogP contribution >= 0.6 is 0 Å². The number of rotatable bonds is 3. The standard InChI is InChI=1S/C19H26N6O/c1-23(2)17-13-14(9-10-20-17)19(26)24-12-6-7-15(24)18-22-21-16-8-4-3-5-11-25(16)18/h9-10,13,15H,3-8,11-12H2,1-2H3. The van der Waals surface area contributed by atoms with Gasteiger partial charge in [0.1, 0.15) is 11.6 Å². The highest BCUT2D eigenvalue weighted by atomic mass is 16.2. The molecule has 1 fully saturated rings. The molecule has 0 aromatic carbocycles. The Bertz CT molecular complexity index is 799. The van der Waals surface area contributed by atoms with Gasteiger partial charge in [-0.3, -0.25) is 4.79 Å². The molecule has 26 heavy (non-hydrogen) atoms. The van der Waals surface area contributed by atoms with E-state index in [1.54, 1.807) is 12.3 Å². The predicted molar refractivity (Wildman–Crippen MR) is 99.2 cm³/mol. The molecule has 1 atom stereocenters. The van der Waals surface area contributed by atoms with Crippen molar-refractivity contribution >= 4 is 11.7 Å². The van der Waals surface area contributed by atoms with Gasteiger partial charge < -0.3 is 14.4 Å². The van der Waals surface area contributed by atoms with E-state index < -0.39 is 0 Å². The second-order valence-corrected chi connectivity index (χ2v) is 7.39. The van der Waals surface area contributed by atoms with Crippen LogP contribution in [0.25, 0.3) is 0 Å². The second kappa shape index (κ2) is 7.05. The Morgan fingerprint density at radius 3 is 2.88 bits per heavy atom. The molecule has 0 aliphatic carbocycles. The van der Waals surface area contributed by atoms with Crippen LogP contribution in [0.15, 0.2) is 18.3 Å². The Balaban J connectivity index is 1.62. The third-order valence-corrected chi connectivity index (χ3v) is 5.40. The van der Waals surface area contributed by atoms with Crippen LogP contribution < -0.4 is 4.90 Å². The van der Waals surface area contributed by atoms with Crippen molar-refractivity contribution in [3.8, 4) is 0 Å². The SMILES string of the molecule is CN(C)c1cc(C(=O)N2CCCC2c2nnc3n2CCCCC3)ccn1. The zero-order valence-electron chi connectivity index (χ0n) is 15.6. The highest BCUT2D eigenvalue weighted by molar-refractivity contribution is 5.95. The molecule has 4 rings (SSSR count). The Kier molecular flexibility index (Phi) is 4.61. The van der Waals surface area contributed by atoms with Gasteiger partial charge in [-0.05, 0) is 37.8 Å². The van der Waals surface area contributed by atoms with E-state index in [-0.39, 0.29) is 11.9 Å². The molecule has 0 radical (unpaired) electrons. The first-order chi connectivity index (χ1) is 12.6. The van der Waals surface area contributed by atoms with E-state index in [1.807, 2.05) is 30.0 Å². The number of anilines is 1. The lowest BCUT2D eigenvalue weighted by molar-refractivity contribution is 0.0727. The highest BCUT2D eigenvalue weighted by Gasteiger charge is 2.35. The summed E-state index contributed by atoms with van der Waals surface area (Å²) in [6.07, 6.45) is 8.23. The van der Waals surface area contributed by atoms with Crippen molar-refractivity contribution in [3.63, 3.8) is 0 Å². The van der Waals surface area contributed by atoms with Gasteiger partial charge in [0.15, 0.2) is 5.82 Å². The number of carbonyl (C=O) groups excluding carboxylic acids is 1. The minimum absolute atomic E-state index is 0.0258. The van der Waals surface area contributed by atoms with E-state index in [4.69, 9.17) is 0 Å². The molecule has 1 amide bonds. The van der Waals surface area contributed by atoms with Gasteiger partial charge in [-0.2, -0.15) is 0 Å². The van der Waals surface area contributed by atoms with Crippen molar-refractivity contribution in [3.05, 3.63) is 35.5 Å². The second-order valence-electron chi connectivity index (χ2n) is 7.39. The monoisotopic (exact) mass is 354 g/mol. The molecular weight excluding hydrogens is 328 g/mol. The summed E-state index contributed by atoms with van der Waals surface area (Å²) < 4.78 is 2.26. The van der Waals surface area contributed by atoms with E-state index in [0.717, 1.165) is 56.2 Å². The number of aryl methyl sites for hydroxylation is 1. The van der Waals surface area contributed by atoms with Gasteiger partial charge in [0.2, 0.25) is 0 Å². The van der Waals surface area contributed by atoms with Crippen LogP contribution in [0.2, 0.25) is 0 Å². The summed E-state index contributed by atoms with van der Waals surface area (Å²) in [4.78, 5) is 21.4. The number of amides is 1. The minimum atomic E-state index is 0.0258. The van der Waals surface area contributed by atoms with Crippen molar-refractivity contribution in [2.75, 3.05) is 25.5 Å². The number of pyridine rings is 1. The first kappa shape index (κ1) is 17.0. The minimum Gasteiger partial charge on any atom is -0.363 e. The number of aromatic nitrogens is 4. The van der Waals surface area contributed by atoms with Gasteiger partial charge in [0.25, 0.3) is 5.91 Å². The maximum absolute atomic E-state index is 13.2. The molecule has 7 nitrogen and oxygen atoms in total. The molecule has 0 N–H and O–H groups in total. The maximum Gasteiger partial charge on any atom is 0.254 e. The van der Waals surface area contributed by atoms with E-state index >= 15 is 0 Å². The zero-order chi connectivity index (χ0) is 18.1. The largest absolute Gasteiger partial charge is 0.363 e. The summed E-state index contributed by atoms with van der Waals surface area (Å²) in [7, 11) is 3.86. The molecular formula is C19H26N6O. The van der Waals surface area contributed by atoms with Gasteiger partial charge in [0.05, 0.1) is 6.04 Å². The van der Waals surface area contributed by atoms with E-state index in [1.165, 1.54) is 12.8 Å². The zero-order valence-corrected chi connectivity index (χ0v) is 15.6. The lowest BCUT2D eigenvalue weighted by atomic mass is 10.1. The fraction of sp³-hybridized carbons (Fsp3) is 0.579. The normalized spacial score (nSPS) is 19.9. The van der Waals surface area contributed by atoms with Gasteiger partial charge in [0, 0.05) is 45.4 Å². The van der Waals surface area contributed by atoms with Crippen molar-refractivity contribution < 1.29 is 4.79 Å². The van der Waals surface area contributed by atoms with Gasteiger partial charge in [-0.25, -0.2) is 4.98 Å². The molecule has 1 unspecified atom stereocenters. The van der Waals surface area contributed by atoms with Crippen LogP contribution in [-0.4, -0.2) is 51.2 Å². The number of hydrogen-bond acceptors (Lipinski definition) is 5. The van der Waals surface area contributed by atoms with Crippen LogP contribution in [0.5, 0.6) is 0 Å². The molecule has 2 aliphatic heterocycles. The summed E-state index contributed by atoms with van der Waals surface area (Å²) in [5.41, 5.74) is 0.686. The van der Waals surface area contributed by atoms with Gasteiger partial charge in [-0.15, -0.1) is 10.2 Å².